The van der Waals surface area contributed by atoms with Gasteiger partial charge in [-0.05, 0) is 24.3 Å². The number of hydrogen-bond acceptors (Lipinski definition) is 2. The van der Waals surface area contributed by atoms with Gasteiger partial charge in [-0.1, -0.05) is 29.8 Å². The third kappa shape index (κ3) is 4.07. The molecule has 114 valence electrons. The normalized spacial score (nSPS) is 12.1. The minimum atomic E-state index is -4.43. The molecule has 2 rings (SSSR count). The Labute approximate surface area is 129 Å². The number of benzene rings is 1. The summed E-state index contributed by atoms with van der Waals surface area (Å²) in [4.78, 5) is 0. The van der Waals surface area contributed by atoms with Crippen LogP contribution in [0.3, 0.4) is 0 Å². The molecule has 0 aliphatic heterocycles. The van der Waals surface area contributed by atoms with Gasteiger partial charge in [-0.15, -0.1) is 0 Å². The van der Waals surface area contributed by atoms with E-state index in [2.05, 4.69) is 26.3 Å². The lowest BCUT2D eigenvalue weighted by Gasteiger charge is -2.13. The van der Waals surface area contributed by atoms with Gasteiger partial charge in [0.05, 0.1) is 16.9 Å². The summed E-state index contributed by atoms with van der Waals surface area (Å²) in [6, 6.07) is 6.02. The van der Waals surface area contributed by atoms with E-state index < -0.39 is 11.7 Å². The quantitative estimate of drug-likeness (QED) is 0.886. The number of hydrogen-bond donors (Lipinski definition) is 1. The Bertz CT molecular complexity index is 620. The second kappa shape index (κ2) is 6.19. The van der Waals surface area contributed by atoms with Crippen molar-refractivity contribution >= 4 is 15.9 Å². The van der Waals surface area contributed by atoms with Crippen LogP contribution in [0.25, 0.3) is 5.69 Å². The average molecular weight is 362 g/mol. The van der Waals surface area contributed by atoms with Crippen LogP contribution < -0.4 is 5.32 Å². The second-order valence-electron chi connectivity index (χ2n) is 4.95. The van der Waals surface area contributed by atoms with Crippen molar-refractivity contribution in [3.63, 3.8) is 0 Å². The summed E-state index contributed by atoms with van der Waals surface area (Å²) in [5, 5.41) is 7.37. The first-order valence-corrected chi connectivity index (χ1v) is 7.21. The van der Waals surface area contributed by atoms with Gasteiger partial charge in [0.1, 0.15) is 0 Å². The molecular formula is C14H15BrF3N3. The number of alkyl halides is 3. The minimum absolute atomic E-state index is 0.0153. The number of rotatable bonds is 4. The topological polar surface area (TPSA) is 29.9 Å². The molecule has 2 aromatic rings. The summed E-state index contributed by atoms with van der Waals surface area (Å²) >= 11 is 3.07. The molecule has 0 unspecified atom stereocenters. The highest BCUT2D eigenvalue weighted by atomic mass is 79.9. The average Bonchev–Trinajstić information content (AvgIpc) is 2.84. The molecule has 0 atom stereocenters. The molecular weight excluding hydrogens is 347 g/mol. The summed E-state index contributed by atoms with van der Waals surface area (Å²) < 4.78 is 40.9. The van der Waals surface area contributed by atoms with E-state index in [4.69, 9.17) is 0 Å². The van der Waals surface area contributed by atoms with Crippen molar-refractivity contribution in [1.29, 1.82) is 0 Å². The van der Waals surface area contributed by atoms with Gasteiger partial charge in [0, 0.05) is 23.3 Å². The third-order valence-corrected chi connectivity index (χ3v) is 3.34. The molecule has 0 saturated carbocycles. The van der Waals surface area contributed by atoms with Gasteiger partial charge in [0.2, 0.25) is 0 Å². The highest BCUT2D eigenvalue weighted by Crippen LogP contribution is 2.35. The zero-order valence-electron chi connectivity index (χ0n) is 11.6. The van der Waals surface area contributed by atoms with Crippen LogP contribution in [0, 0.1) is 0 Å². The van der Waals surface area contributed by atoms with Crippen LogP contribution in [-0.2, 0) is 12.7 Å². The molecule has 0 saturated heterocycles. The van der Waals surface area contributed by atoms with Crippen molar-refractivity contribution in [3.05, 3.63) is 46.2 Å². The smallest absolute Gasteiger partial charge is 0.309 e. The molecule has 21 heavy (non-hydrogen) atoms. The minimum Gasteiger partial charge on any atom is -0.309 e. The molecule has 0 aliphatic rings. The Balaban J connectivity index is 2.34. The van der Waals surface area contributed by atoms with Crippen molar-refractivity contribution < 1.29 is 13.2 Å². The first-order valence-electron chi connectivity index (χ1n) is 6.42. The van der Waals surface area contributed by atoms with E-state index in [0.717, 1.165) is 6.07 Å². The molecule has 1 aromatic heterocycles. The Morgan fingerprint density at radius 1 is 1.29 bits per heavy atom. The van der Waals surface area contributed by atoms with Crippen LogP contribution >= 0.6 is 15.9 Å². The predicted octanol–water partition coefficient (Wildman–Crippen LogP) is 4.15. The fourth-order valence-corrected chi connectivity index (χ4v) is 2.20. The zero-order chi connectivity index (χ0) is 15.6. The molecule has 0 radical (unpaired) electrons. The monoisotopic (exact) mass is 361 g/mol. The zero-order valence-corrected chi connectivity index (χ0v) is 13.2. The lowest BCUT2D eigenvalue weighted by Crippen LogP contribution is -2.22. The first-order chi connectivity index (χ1) is 9.77. The van der Waals surface area contributed by atoms with E-state index in [0.29, 0.717) is 16.7 Å². The molecule has 1 aromatic carbocycles. The summed E-state index contributed by atoms with van der Waals surface area (Å²) in [5.74, 6) is 0. The molecule has 0 bridgehead atoms. The maximum atomic E-state index is 13.1. The Morgan fingerprint density at radius 2 is 2.00 bits per heavy atom. The number of nitrogens with zero attached hydrogens (tertiary/aromatic N) is 2. The van der Waals surface area contributed by atoms with Gasteiger partial charge in [-0.25, -0.2) is 4.68 Å². The van der Waals surface area contributed by atoms with E-state index in [-0.39, 0.29) is 11.7 Å². The fraction of sp³-hybridized carbons (Fsp3) is 0.357. The number of halogens is 4. The van der Waals surface area contributed by atoms with Gasteiger partial charge in [0.15, 0.2) is 0 Å². The third-order valence-electron chi connectivity index (χ3n) is 2.85. The van der Waals surface area contributed by atoms with Gasteiger partial charge in [-0.3, -0.25) is 0 Å². The molecule has 1 N–H and O–H groups in total. The lowest BCUT2D eigenvalue weighted by atomic mass is 10.1. The van der Waals surface area contributed by atoms with Crippen LogP contribution in [0.4, 0.5) is 13.2 Å². The van der Waals surface area contributed by atoms with E-state index >= 15 is 0 Å². The van der Waals surface area contributed by atoms with Crippen molar-refractivity contribution in [2.45, 2.75) is 32.6 Å². The van der Waals surface area contributed by atoms with Crippen molar-refractivity contribution in [2.75, 3.05) is 0 Å². The van der Waals surface area contributed by atoms with E-state index in [1.807, 2.05) is 13.8 Å². The van der Waals surface area contributed by atoms with Crippen LogP contribution in [0.5, 0.6) is 0 Å². The van der Waals surface area contributed by atoms with Gasteiger partial charge >= 0.3 is 6.18 Å². The summed E-state index contributed by atoms with van der Waals surface area (Å²) in [6.07, 6.45) is -2.89. The van der Waals surface area contributed by atoms with E-state index in [1.165, 1.54) is 16.9 Å². The van der Waals surface area contributed by atoms with Crippen molar-refractivity contribution in [1.82, 2.24) is 15.1 Å². The lowest BCUT2D eigenvalue weighted by molar-refractivity contribution is -0.137. The molecule has 0 amide bonds. The van der Waals surface area contributed by atoms with Crippen LogP contribution in [0.2, 0.25) is 0 Å². The Hall–Kier alpha value is -1.34. The summed E-state index contributed by atoms with van der Waals surface area (Å²) in [5.41, 5.74) is -0.00964. The Kier molecular flexibility index (Phi) is 4.73. The number of nitrogens with one attached hydrogen (secondary N) is 1. The van der Waals surface area contributed by atoms with Crippen molar-refractivity contribution in [3.8, 4) is 5.69 Å². The maximum absolute atomic E-state index is 13.1. The van der Waals surface area contributed by atoms with Crippen LogP contribution in [0.15, 0.2) is 34.9 Å². The van der Waals surface area contributed by atoms with Gasteiger partial charge in [-0.2, -0.15) is 18.3 Å². The van der Waals surface area contributed by atoms with E-state index in [9.17, 15) is 13.2 Å². The molecule has 7 heteroatoms. The summed E-state index contributed by atoms with van der Waals surface area (Å²) in [7, 11) is 0. The summed E-state index contributed by atoms with van der Waals surface area (Å²) in [6.45, 7) is 4.50. The standard InChI is InChI=1S/C14H15BrF3N3/c1-9(2)19-8-11-5-6-21(20-11)13-4-3-10(15)7-12(13)14(16,17)18/h3-7,9,19H,8H2,1-2H3. The maximum Gasteiger partial charge on any atom is 0.418 e. The largest absolute Gasteiger partial charge is 0.418 e. The SMILES string of the molecule is CC(C)NCc1ccn(-c2ccc(Br)cc2C(F)(F)F)n1. The second-order valence-corrected chi connectivity index (χ2v) is 5.86. The molecule has 0 spiro atoms. The predicted molar refractivity (Wildman–Crippen MR) is 78.2 cm³/mol. The van der Waals surface area contributed by atoms with Crippen molar-refractivity contribution in [2.24, 2.45) is 0 Å². The first kappa shape index (κ1) is 16.0. The van der Waals surface area contributed by atoms with E-state index in [1.54, 1.807) is 12.1 Å². The van der Waals surface area contributed by atoms with Gasteiger partial charge < -0.3 is 5.32 Å². The van der Waals surface area contributed by atoms with Gasteiger partial charge in [0.25, 0.3) is 0 Å². The molecule has 0 fully saturated rings. The Morgan fingerprint density at radius 3 is 2.62 bits per heavy atom. The molecule has 0 aliphatic carbocycles. The van der Waals surface area contributed by atoms with Crippen LogP contribution in [0.1, 0.15) is 25.1 Å². The van der Waals surface area contributed by atoms with Crippen LogP contribution in [-0.4, -0.2) is 15.8 Å². The molecule has 1 heterocycles. The highest BCUT2D eigenvalue weighted by molar-refractivity contribution is 9.10. The number of aromatic nitrogens is 2. The fourth-order valence-electron chi connectivity index (χ4n) is 1.83. The highest BCUT2D eigenvalue weighted by Gasteiger charge is 2.34. The molecule has 3 nitrogen and oxygen atoms in total.